The summed E-state index contributed by atoms with van der Waals surface area (Å²) in [5.74, 6) is 0.708. The fraction of sp³-hybridized carbons (Fsp3) is 0.917. The lowest BCUT2D eigenvalue weighted by molar-refractivity contribution is -0.121. The zero-order chi connectivity index (χ0) is 11.2. The molecule has 0 bridgehead atoms. The normalized spacial score (nSPS) is 28.5. The topological polar surface area (TPSA) is 50.4 Å². The van der Waals surface area contributed by atoms with Gasteiger partial charge in [-0.25, -0.2) is 0 Å². The maximum Gasteiger partial charge on any atom is 0.221 e. The lowest BCUT2D eigenvalue weighted by Gasteiger charge is -2.22. The minimum absolute atomic E-state index is 0. The lowest BCUT2D eigenvalue weighted by atomic mass is 10.0. The van der Waals surface area contributed by atoms with Crippen molar-refractivity contribution in [3.8, 4) is 0 Å². The van der Waals surface area contributed by atoms with Gasteiger partial charge in [-0.05, 0) is 38.1 Å². The minimum Gasteiger partial charge on any atom is -0.381 e. The highest BCUT2D eigenvalue weighted by Crippen LogP contribution is 2.12. The zero-order valence-electron chi connectivity index (χ0n) is 10.2. The molecule has 100 valence electrons. The monoisotopic (exact) mass is 262 g/mol. The fourth-order valence-electron chi connectivity index (χ4n) is 2.45. The van der Waals surface area contributed by atoms with Gasteiger partial charge >= 0.3 is 0 Å². The van der Waals surface area contributed by atoms with Crippen LogP contribution in [0, 0.1) is 5.92 Å². The van der Waals surface area contributed by atoms with E-state index in [1.807, 2.05) is 0 Å². The first-order valence-corrected chi connectivity index (χ1v) is 6.42. The van der Waals surface area contributed by atoms with Crippen LogP contribution in [-0.4, -0.2) is 38.3 Å². The molecule has 0 aromatic rings. The molecule has 1 amide bonds. The predicted octanol–water partition coefficient (Wildman–Crippen LogP) is 1.09. The second-order valence-electron chi connectivity index (χ2n) is 4.88. The molecule has 2 saturated heterocycles. The molecule has 2 N–H and O–H groups in total. The van der Waals surface area contributed by atoms with Crippen molar-refractivity contribution in [2.75, 3.05) is 26.3 Å². The van der Waals surface area contributed by atoms with Gasteiger partial charge in [0.05, 0.1) is 6.61 Å². The summed E-state index contributed by atoms with van der Waals surface area (Å²) in [4.78, 5) is 11.6. The van der Waals surface area contributed by atoms with Crippen LogP contribution < -0.4 is 10.6 Å². The summed E-state index contributed by atoms with van der Waals surface area (Å²) in [5, 5.41) is 6.36. The summed E-state index contributed by atoms with van der Waals surface area (Å²) in [7, 11) is 0. The van der Waals surface area contributed by atoms with E-state index in [9.17, 15) is 4.79 Å². The summed E-state index contributed by atoms with van der Waals surface area (Å²) in [5.41, 5.74) is 0. The highest BCUT2D eigenvalue weighted by molar-refractivity contribution is 5.85. The van der Waals surface area contributed by atoms with E-state index in [0.29, 0.717) is 18.4 Å². The maximum absolute atomic E-state index is 11.6. The van der Waals surface area contributed by atoms with Crippen molar-refractivity contribution < 1.29 is 9.53 Å². The molecular formula is C12H23ClN2O2. The predicted molar refractivity (Wildman–Crippen MR) is 69.4 cm³/mol. The highest BCUT2D eigenvalue weighted by Gasteiger charge is 2.19. The number of rotatable bonds is 4. The summed E-state index contributed by atoms with van der Waals surface area (Å²) >= 11 is 0. The Balaban J connectivity index is 0.00000144. The number of ether oxygens (including phenoxy) is 1. The molecule has 2 atom stereocenters. The Hall–Kier alpha value is -0.320. The number of carbonyl (C=O) groups excluding carboxylic acids is 1. The van der Waals surface area contributed by atoms with Crippen LogP contribution >= 0.6 is 12.4 Å². The molecule has 0 aromatic heterocycles. The summed E-state index contributed by atoms with van der Waals surface area (Å²) < 4.78 is 5.38. The molecular weight excluding hydrogens is 240 g/mol. The van der Waals surface area contributed by atoms with Gasteiger partial charge < -0.3 is 15.4 Å². The van der Waals surface area contributed by atoms with E-state index in [-0.39, 0.29) is 18.3 Å². The SMILES string of the molecule is Cl.O=C(CC1CCCN1)NCC1CCCOC1. The summed E-state index contributed by atoms with van der Waals surface area (Å²) in [6, 6.07) is 0.405. The number of hydrogen-bond acceptors (Lipinski definition) is 3. The second-order valence-corrected chi connectivity index (χ2v) is 4.88. The van der Waals surface area contributed by atoms with Gasteiger partial charge in [-0.1, -0.05) is 0 Å². The molecule has 2 rings (SSSR count). The highest BCUT2D eigenvalue weighted by atomic mass is 35.5. The third-order valence-corrected chi connectivity index (χ3v) is 3.44. The number of nitrogens with one attached hydrogen (secondary N) is 2. The Morgan fingerprint density at radius 2 is 2.24 bits per heavy atom. The van der Waals surface area contributed by atoms with Gasteiger partial charge in [-0.2, -0.15) is 0 Å². The molecule has 2 fully saturated rings. The van der Waals surface area contributed by atoms with Gasteiger partial charge in [0, 0.05) is 25.6 Å². The molecule has 5 heteroatoms. The molecule has 2 heterocycles. The van der Waals surface area contributed by atoms with Gasteiger partial charge in [0.15, 0.2) is 0 Å². The van der Waals surface area contributed by atoms with Crippen LogP contribution in [0.5, 0.6) is 0 Å². The van der Waals surface area contributed by atoms with Crippen molar-refractivity contribution in [3.05, 3.63) is 0 Å². The Morgan fingerprint density at radius 3 is 2.88 bits per heavy atom. The molecule has 0 aliphatic carbocycles. The van der Waals surface area contributed by atoms with Crippen molar-refractivity contribution in [1.29, 1.82) is 0 Å². The fourth-order valence-corrected chi connectivity index (χ4v) is 2.45. The number of amides is 1. The van der Waals surface area contributed by atoms with Gasteiger partial charge in [-0.3, -0.25) is 4.79 Å². The van der Waals surface area contributed by atoms with E-state index < -0.39 is 0 Å². The molecule has 0 aromatic carbocycles. The Labute approximate surface area is 109 Å². The van der Waals surface area contributed by atoms with E-state index in [1.165, 1.54) is 12.8 Å². The van der Waals surface area contributed by atoms with E-state index >= 15 is 0 Å². The summed E-state index contributed by atoms with van der Waals surface area (Å²) in [6.07, 6.45) is 5.29. The smallest absolute Gasteiger partial charge is 0.221 e. The summed E-state index contributed by atoms with van der Waals surface area (Å²) in [6.45, 7) is 3.54. The average molecular weight is 263 g/mol. The number of halogens is 1. The zero-order valence-corrected chi connectivity index (χ0v) is 11.1. The van der Waals surface area contributed by atoms with Crippen LogP contribution in [0.3, 0.4) is 0 Å². The van der Waals surface area contributed by atoms with E-state index in [4.69, 9.17) is 4.74 Å². The van der Waals surface area contributed by atoms with Crippen LogP contribution in [0.15, 0.2) is 0 Å². The molecule has 0 saturated carbocycles. The third-order valence-electron chi connectivity index (χ3n) is 3.44. The standard InChI is InChI=1S/C12H22N2O2.ClH/c15-12(7-11-4-1-5-13-11)14-8-10-3-2-6-16-9-10;/h10-11,13H,1-9H2,(H,14,15);1H. The van der Waals surface area contributed by atoms with Crippen LogP contribution in [0.1, 0.15) is 32.1 Å². The van der Waals surface area contributed by atoms with Crippen LogP contribution in [0.4, 0.5) is 0 Å². The molecule has 17 heavy (non-hydrogen) atoms. The van der Waals surface area contributed by atoms with Crippen molar-refractivity contribution in [2.45, 2.75) is 38.1 Å². The Morgan fingerprint density at radius 1 is 1.35 bits per heavy atom. The maximum atomic E-state index is 11.6. The van der Waals surface area contributed by atoms with Crippen molar-refractivity contribution in [1.82, 2.24) is 10.6 Å². The molecule has 0 spiro atoms. The molecule has 4 nitrogen and oxygen atoms in total. The first kappa shape index (κ1) is 14.7. The molecule has 2 aliphatic heterocycles. The van der Waals surface area contributed by atoms with Crippen molar-refractivity contribution in [3.63, 3.8) is 0 Å². The van der Waals surface area contributed by atoms with Crippen molar-refractivity contribution >= 4 is 18.3 Å². The van der Waals surface area contributed by atoms with Gasteiger partial charge in [0.2, 0.25) is 5.91 Å². The molecule has 0 radical (unpaired) electrons. The number of carbonyl (C=O) groups is 1. The lowest BCUT2D eigenvalue weighted by Crippen LogP contribution is -2.36. The van der Waals surface area contributed by atoms with Crippen LogP contribution in [0.25, 0.3) is 0 Å². The number of hydrogen-bond donors (Lipinski definition) is 2. The Bertz CT molecular complexity index is 227. The van der Waals surface area contributed by atoms with Crippen molar-refractivity contribution in [2.24, 2.45) is 5.92 Å². The van der Waals surface area contributed by atoms with Crippen LogP contribution in [-0.2, 0) is 9.53 Å². The second kappa shape index (κ2) is 7.90. The molecule has 2 aliphatic rings. The Kier molecular flexibility index (Phi) is 6.85. The molecule has 2 unspecified atom stereocenters. The quantitative estimate of drug-likeness (QED) is 0.798. The van der Waals surface area contributed by atoms with E-state index in [0.717, 1.165) is 39.1 Å². The van der Waals surface area contributed by atoms with E-state index in [1.54, 1.807) is 0 Å². The van der Waals surface area contributed by atoms with Gasteiger partial charge in [0.1, 0.15) is 0 Å². The first-order chi connectivity index (χ1) is 7.84. The minimum atomic E-state index is 0. The largest absolute Gasteiger partial charge is 0.381 e. The van der Waals surface area contributed by atoms with Gasteiger partial charge in [-0.15, -0.1) is 12.4 Å². The van der Waals surface area contributed by atoms with E-state index in [2.05, 4.69) is 10.6 Å². The first-order valence-electron chi connectivity index (χ1n) is 6.42. The average Bonchev–Trinajstić information content (AvgIpc) is 2.81. The van der Waals surface area contributed by atoms with Gasteiger partial charge in [0.25, 0.3) is 0 Å². The third kappa shape index (κ3) is 5.23. The van der Waals surface area contributed by atoms with Crippen LogP contribution in [0.2, 0.25) is 0 Å².